The van der Waals surface area contributed by atoms with Crippen LogP contribution in [0.25, 0.3) is 0 Å². The highest BCUT2D eigenvalue weighted by molar-refractivity contribution is 9.11. The first kappa shape index (κ1) is 16.1. The van der Waals surface area contributed by atoms with Crippen molar-refractivity contribution in [3.05, 3.63) is 45.3 Å². The third-order valence-corrected chi connectivity index (χ3v) is 5.29. The lowest BCUT2D eigenvalue weighted by molar-refractivity contribution is 0.412. The summed E-state index contributed by atoms with van der Waals surface area (Å²) in [6.45, 7) is 0. The van der Waals surface area contributed by atoms with Crippen LogP contribution < -0.4 is 9.46 Å². The second kappa shape index (κ2) is 6.25. The van der Waals surface area contributed by atoms with Gasteiger partial charge < -0.3 is 9.84 Å². The fourth-order valence-electron chi connectivity index (χ4n) is 1.59. The van der Waals surface area contributed by atoms with Crippen LogP contribution in [0.1, 0.15) is 0 Å². The SMILES string of the molecule is COc1cc(NS(=O)(=O)c2ccc(O)cc2)c(Br)cc1Br. The minimum Gasteiger partial charge on any atom is -0.508 e. The van der Waals surface area contributed by atoms with Crippen LogP contribution in [-0.4, -0.2) is 20.6 Å². The van der Waals surface area contributed by atoms with Gasteiger partial charge in [0, 0.05) is 10.5 Å². The normalized spacial score (nSPS) is 11.2. The molecule has 112 valence electrons. The third kappa shape index (κ3) is 3.69. The standard InChI is InChI=1S/C13H11Br2NO4S/c1-20-13-7-12(10(14)6-11(13)15)16-21(18,19)9-4-2-8(17)3-5-9/h2-7,16-17H,1H3. The maximum absolute atomic E-state index is 12.3. The van der Waals surface area contributed by atoms with Crippen molar-refractivity contribution in [3.8, 4) is 11.5 Å². The molecule has 0 aliphatic carbocycles. The van der Waals surface area contributed by atoms with E-state index >= 15 is 0 Å². The van der Waals surface area contributed by atoms with Crippen molar-refractivity contribution in [3.63, 3.8) is 0 Å². The minimum absolute atomic E-state index is 0.000409. The smallest absolute Gasteiger partial charge is 0.261 e. The molecule has 2 aromatic rings. The van der Waals surface area contributed by atoms with Gasteiger partial charge in [-0.25, -0.2) is 8.42 Å². The summed E-state index contributed by atoms with van der Waals surface area (Å²) in [5, 5.41) is 9.21. The summed E-state index contributed by atoms with van der Waals surface area (Å²) >= 11 is 6.61. The van der Waals surface area contributed by atoms with Crippen LogP contribution >= 0.6 is 31.9 Å². The summed E-state index contributed by atoms with van der Waals surface area (Å²) in [5.74, 6) is 0.502. The zero-order chi connectivity index (χ0) is 15.6. The molecular weight excluding hydrogens is 426 g/mol. The third-order valence-electron chi connectivity index (χ3n) is 2.63. The average molecular weight is 437 g/mol. The Morgan fingerprint density at radius 2 is 1.71 bits per heavy atom. The van der Waals surface area contributed by atoms with Gasteiger partial charge in [0.1, 0.15) is 11.5 Å². The number of hydrogen-bond donors (Lipinski definition) is 2. The molecule has 0 amide bonds. The lowest BCUT2D eigenvalue weighted by Crippen LogP contribution is -2.13. The summed E-state index contributed by atoms with van der Waals surface area (Å²) in [7, 11) is -2.26. The number of sulfonamides is 1. The van der Waals surface area contributed by atoms with E-state index in [1.54, 1.807) is 12.1 Å². The monoisotopic (exact) mass is 435 g/mol. The van der Waals surface area contributed by atoms with E-state index in [1.165, 1.54) is 31.4 Å². The van der Waals surface area contributed by atoms with Crippen LogP contribution in [-0.2, 0) is 10.0 Å². The Morgan fingerprint density at radius 3 is 2.29 bits per heavy atom. The lowest BCUT2D eigenvalue weighted by Gasteiger charge is -2.12. The Morgan fingerprint density at radius 1 is 1.10 bits per heavy atom. The molecule has 21 heavy (non-hydrogen) atoms. The maximum Gasteiger partial charge on any atom is 0.261 e. The zero-order valence-electron chi connectivity index (χ0n) is 10.8. The molecule has 2 aromatic carbocycles. The zero-order valence-corrected chi connectivity index (χ0v) is 14.8. The Kier molecular flexibility index (Phi) is 4.80. The van der Waals surface area contributed by atoms with Crippen LogP contribution in [0, 0.1) is 0 Å². The van der Waals surface area contributed by atoms with E-state index in [0.717, 1.165) is 0 Å². The molecule has 0 spiro atoms. The van der Waals surface area contributed by atoms with Gasteiger partial charge in [0.15, 0.2) is 0 Å². The molecule has 0 aliphatic rings. The van der Waals surface area contributed by atoms with E-state index in [0.29, 0.717) is 20.4 Å². The number of benzene rings is 2. The molecular formula is C13H11Br2NO4S. The van der Waals surface area contributed by atoms with Crippen LogP contribution in [0.2, 0.25) is 0 Å². The number of nitrogens with one attached hydrogen (secondary N) is 1. The van der Waals surface area contributed by atoms with Gasteiger partial charge in [-0.1, -0.05) is 0 Å². The molecule has 0 aromatic heterocycles. The highest BCUT2D eigenvalue weighted by Gasteiger charge is 2.17. The molecule has 0 fully saturated rings. The van der Waals surface area contributed by atoms with Gasteiger partial charge in [-0.15, -0.1) is 0 Å². The molecule has 0 heterocycles. The number of anilines is 1. The van der Waals surface area contributed by atoms with E-state index in [2.05, 4.69) is 36.6 Å². The second-order valence-electron chi connectivity index (χ2n) is 4.07. The number of halogens is 2. The molecule has 0 bridgehead atoms. The van der Waals surface area contributed by atoms with Gasteiger partial charge in [-0.2, -0.15) is 0 Å². The number of hydrogen-bond acceptors (Lipinski definition) is 4. The number of rotatable bonds is 4. The highest BCUT2D eigenvalue weighted by atomic mass is 79.9. The van der Waals surface area contributed by atoms with Gasteiger partial charge >= 0.3 is 0 Å². The molecule has 8 heteroatoms. The fraction of sp³-hybridized carbons (Fsp3) is 0.0769. The van der Waals surface area contributed by atoms with Crippen molar-refractivity contribution in [1.82, 2.24) is 0 Å². The fourth-order valence-corrected chi connectivity index (χ4v) is 4.05. The van der Waals surface area contributed by atoms with E-state index < -0.39 is 10.0 Å². The summed E-state index contributed by atoms with van der Waals surface area (Å²) in [6, 6.07) is 8.51. The van der Waals surface area contributed by atoms with E-state index in [1.807, 2.05) is 0 Å². The van der Waals surface area contributed by atoms with Gasteiger partial charge in [0.05, 0.1) is 22.2 Å². The molecule has 5 nitrogen and oxygen atoms in total. The largest absolute Gasteiger partial charge is 0.508 e. The molecule has 0 radical (unpaired) electrons. The molecule has 0 atom stereocenters. The minimum atomic E-state index is -3.75. The number of phenols is 1. The number of methoxy groups -OCH3 is 1. The predicted octanol–water partition coefficient (Wildman–Crippen LogP) is 3.73. The first-order valence-electron chi connectivity index (χ1n) is 5.68. The molecule has 0 saturated carbocycles. The molecule has 0 saturated heterocycles. The van der Waals surface area contributed by atoms with Gasteiger partial charge in [-0.3, -0.25) is 4.72 Å². The summed E-state index contributed by atoms with van der Waals surface area (Å²) in [4.78, 5) is 0.0501. The Labute approximate surface area is 139 Å². The van der Waals surface area contributed by atoms with Crippen molar-refractivity contribution in [1.29, 1.82) is 0 Å². The Balaban J connectivity index is 2.39. The second-order valence-corrected chi connectivity index (χ2v) is 7.46. The van der Waals surface area contributed by atoms with Crippen molar-refractivity contribution in [2.45, 2.75) is 4.90 Å². The van der Waals surface area contributed by atoms with Gasteiger partial charge in [0.25, 0.3) is 10.0 Å². The Bertz CT molecular complexity index is 760. The summed E-state index contributed by atoms with van der Waals surface area (Å²) < 4.78 is 33.4. The van der Waals surface area contributed by atoms with E-state index in [-0.39, 0.29) is 10.6 Å². The lowest BCUT2D eigenvalue weighted by atomic mass is 10.3. The van der Waals surface area contributed by atoms with Crippen LogP contribution in [0.15, 0.2) is 50.2 Å². The van der Waals surface area contributed by atoms with Crippen LogP contribution in [0.4, 0.5) is 5.69 Å². The van der Waals surface area contributed by atoms with E-state index in [4.69, 9.17) is 4.74 Å². The molecule has 2 rings (SSSR count). The Hall–Kier alpha value is -1.25. The highest BCUT2D eigenvalue weighted by Crippen LogP contribution is 2.35. The van der Waals surface area contributed by atoms with Crippen molar-refractivity contribution < 1.29 is 18.3 Å². The van der Waals surface area contributed by atoms with Crippen LogP contribution in [0.5, 0.6) is 11.5 Å². The summed E-state index contributed by atoms with van der Waals surface area (Å²) in [5.41, 5.74) is 0.350. The first-order chi connectivity index (χ1) is 9.83. The quantitative estimate of drug-likeness (QED) is 0.765. The van der Waals surface area contributed by atoms with Crippen molar-refractivity contribution in [2.24, 2.45) is 0 Å². The van der Waals surface area contributed by atoms with Crippen molar-refractivity contribution >= 4 is 47.6 Å². The average Bonchev–Trinajstić information content (AvgIpc) is 2.42. The van der Waals surface area contributed by atoms with Gasteiger partial charge in [-0.05, 0) is 62.2 Å². The predicted molar refractivity (Wildman–Crippen MR) is 87.3 cm³/mol. The summed E-state index contributed by atoms with van der Waals surface area (Å²) in [6.07, 6.45) is 0. The molecule has 0 aliphatic heterocycles. The first-order valence-corrected chi connectivity index (χ1v) is 8.75. The topological polar surface area (TPSA) is 75.6 Å². The van der Waals surface area contributed by atoms with Crippen LogP contribution in [0.3, 0.4) is 0 Å². The van der Waals surface area contributed by atoms with Gasteiger partial charge in [0.2, 0.25) is 0 Å². The number of aromatic hydroxyl groups is 1. The molecule has 2 N–H and O–H groups in total. The number of phenolic OH excluding ortho intramolecular Hbond substituents is 1. The number of ether oxygens (including phenoxy) is 1. The maximum atomic E-state index is 12.3. The molecule has 0 unspecified atom stereocenters. The van der Waals surface area contributed by atoms with Crippen molar-refractivity contribution in [2.75, 3.05) is 11.8 Å². The van der Waals surface area contributed by atoms with E-state index in [9.17, 15) is 13.5 Å².